The maximum absolute atomic E-state index is 12.1. The summed E-state index contributed by atoms with van der Waals surface area (Å²) in [4.78, 5) is 25.2. The van der Waals surface area contributed by atoms with Gasteiger partial charge in [0.2, 0.25) is 0 Å². The SMILES string of the molecule is CCn1c(SCC(=O)OCC(=O)NC(C)c2ccc(Cl)cc2Cl)nnc1-c1cccs1. The van der Waals surface area contributed by atoms with Crippen LogP contribution in [0.25, 0.3) is 10.7 Å². The topological polar surface area (TPSA) is 86.1 Å². The molecule has 1 aromatic carbocycles. The van der Waals surface area contributed by atoms with Crippen molar-refractivity contribution >= 4 is 58.2 Å². The van der Waals surface area contributed by atoms with Gasteiger partial charge < -0.3 is 14.6 Å². The number of esters is 1. The predicted molar refractivity (Wildman–Crippen MR) is 124 cm³/mol. The summed E-state index contributed by atoms with van der Waals surface area (Å²) in [5, 5.41) is 14.7. The molecule has 1 atom stereocenters. The van der Waals surface area contributed by atoms with Crippen LogP contribution in [0.4, 0.5) is 0 Å². The molecule has 1 amide bonds. The molecule has 0 bridgehead atoms. The van der Waals surface area contributed by atoms with Gasteiger partial charge in [-0.05, 0) is 43.0 Å². The van der Waals surface area contributed by atoms with E-state index in [1.54, 1.807) is 36.5 Å². The van der Waals surface area contributed by atoms with Crippen LogP contribution in [-0.2, 0) is 20.9 Å². The van der Waals surface area contributed by atoms with Crippen molar-refractivity contribution in [1.29, 1.82) is 0 Å². The van der Waals surface area contributed by atoms with Gasteiger partial charge in [-0.1, -0.05) is 47.1 Å². The quantitative estimate of drug-likeness (QED) is 0.335. The van der Waals surface area contributed by atoms with Crippen molar-refractivity contribution in [1.82, 2.24) is 20.1 Å². The lowest BCUT2D eigenvalue weighted by Gasteiger charge is -2.16. The smallest absolute Gasteiger partial charge is 0.316 e. The number of thioether (sulfide) groups is 1. The van der Waals surface area contributed by atoms with E-state index in [1.165, 1.54) is 11.8 Å². The lowest BCUT2D eigenvalue weighted by molar-refractivity contribution is -0.146. The van der Waals surface area contributed by atoms with E-state index in [1.807, 2.05) is 29.0 Å². The third-order valence-corrected chi connectivity index (χ3v) is 6.63. The Bertz CT molecular complexity index is 1060. The van der Waals surface area contributed by atoms with Crippen LogP contribution in [0, 0.1) is 0 Å². The van der Waals surface area contributed by atoms with E-state index in [4.69, 9.17) is 27.9 Å². The first-order valence-corrected chi connectivity index (χ1v) is 12.0. The summed E-state index contributed by atoms with van der Waals surface area (Å²) in [5.41, 5.74) is 0.724. The van der Waals surface area contributed by atoms with Gasteiger partial charge in [-0.2, -0.15) is 0 Å². The van der Waals surface area contributed by atoms with E-state index in [9.17, 15) is 9.59 Å². The monoisotopic (exact) mass is 498 g/mol. The average Bonchev–Trinajstić information content (AvgIpc) is 3.39. The van der Waals surface area contributed by atoms with Crippen molar-refractivity contribution in [3.05, 3.63) is 51.3 Å². The number of nitrogens with zero attached hydrogens (tertiary/aromatic N) is 3. The first-order chi connectivity index (χ1) is 14.9. The van der Waals surface area contributed by atoms with Gasteiger partial charge in [0.15, 0.2) is 17.6 Å². The predicted octanol–water partition coefficient (Wildman–Crippen LogP) is 4.85. The third-order valence-electron chi connectivity index (χ3n) is 4.26. The van der Waals surface area contributed by atoms with Crippen LogP contribution in [-0.4, -0.2) is 39.0 Å². The molecule has 1 N–H and O–H groups in total. The molecule has 0 aliphatic rings. The molecule has 31 heavy (non-hydrogen) atoms. The van der Waals surface area contributed by atoms with Crippen molar-refractivity contribution in [2.75, 3.05) is 12.4 Å². The van der Waals surface area contributed by atoms with Crippen molar-refractivity contribution in [3.63, 3.8) is 0 Å². The molecule has 3 rings (SSSR count). The van der Waals surface area contributed by atoms with E-state index in [2.05, 4.69) is 15.5 Å². The van der Waals surface area contributed by atoms with E-state index in [0.717, 1.165) is 16.3 Å². The Morgan fingerprint density at radius 3 is 2.77 bits per heavy atom. The summed E-state index contributed by atoms with van der Waals surface area (Å²) in [6.45, 7) is 4.07. The second kappa shape index (κ2) is 11.0. The van der Waals surface area contributed by atoms with Gasteiger partial charge in [0.05, 0.1) is 16.7 Å². The number of benzene rings is 1. The number of hydrogen-bond donors (Lipinski definition) is 1. The Morgan fingerprint density at radius 1 is 1.29 bits per heavy atom. The maximum Gasteiger partial charge on any atom is 0.316 e. The normalized spacial score (nSPS) is 11.9. The number of carbonyl (C=O) groups excluding carboxylic acids is 2. The molecule has 1 unspecified atom stereocenters. The highest BCUT2D eigenvalue weighted by Gasteiger charge is 2.17. The molecular weight excluding hydrogens is 479 g/mol. The number of nitrogens with one attached hydrogen (secondary N) is 1. The largest absolute Gasteiger partial charge is 0.455 e. The molecular formula is C20H20Cl2N4O3S2. The van der Waals surface area contributed by atoms with Crippen LogP contribution < -0.4 is 5.32 Å². The maximum atomic E-state index is 12.1. The fourth-order valence-electron chi connectivity index (χ4n) is 2.79. The van der Waals surface area contributed by atoms with Gasteiger partial charge in [-0.25, -0.2) is 0 Å². The summed E-state index contributed by atoms with van der Waals surface area (Å²) >= 11 is 14.8. The average molecular weight is 499 g/mol. The number of hydrogen-bond acceptors (Lipinski definition) is 7. The van der Waals surface area contributed by atoms with Crippen LogP contribution in [0.1, 0.15) is 25.5 Å². The first kappa shape index (κ1) is 23.6. The summed E-state index contributed by atoms with van der Waals surface area (Å²) in [6.07, 6.45) is 0. The van der Waals surface area contributed by atoms with Crippen molar-refractivity contribution in [3.8, 4) is 10.7 Å². The standard InChI is InChI=1S/C20H20Cl2N4O3S2/c1-3-26-19(16-5-4-8-30-16)24-25-20(26)31-11-18(28)29-10-17(27)23-12(2)14-7-6-13(21)9-15(14)22/h4-9,12H,3,10-11H2,1-2H3,(H,23,27). The Balaban J connectivity index is 1.48. The number of thiophene rings is 1. The number of rotatable bonds is 9. The summed E-state index contributed by atoms with van der Waals surface area (Å²) < 4.78 is 7.02. The molecule has 7 nitrogen and oxygen atoms in total. The molecule has 2 aromatic heterocycles. The van der Waals surface area contributed by atoms with E-state index < -0.39 is 11.9 Å². The number of ether oxygens (including phenoxy) is 1. The molecule has 0 saturated carbocycles. The molecule has 0 saturated heterocycles. The minimum Gasteiger partial charge on any atom is -0.455 e. The molecule has 0 fully saturated rings. The lowest BCUT2D eigenvalue weighted by atomic mass is 10.1. The number of halogens is 2. The molecule has 0 aliphatic heterocycles. The van der Waals surface area contributed by atoms with E-state index in [-0.39, 0.29) is 18.4 Å². The summed E-state index contributed by atoms with van der Waals surface area (Å²) in [6, 6.07) is 8.61. The molecule has 11 heteroatoms. The number of carbonyl (C=O) groups is 2. The van der Waals surface area contributed by atoms with Gasteiger partial charge in [-0.15, -0.1) is 21.5 Å². The van der Waals surface area contributed by atoms with Crippen molar-refractivity contribution in [2.24, 2.45) is 0 Å². The van der Waals surface area contributed by atoms with E-state index >= 15 is 0 Å². The molecule has 0 radical (unpaired) electrons. The fourth-order valence-corrected chi connectivity index (χ4v) is 4.88. The van der Waals surface area contributed by atoms with Crippen LogP contribution >= 0.6 is 46.3 Å². The first-order valence-electron chi connectivity index (χ1n) is 9.38. The lowest BCUT2D eigenvalue weighted by Crippen LogP contribution is -2.31. The molecule has 0 spiro atoms. The highest BCUT2D eigenvalue weighted by Crippen LogP contribution is 2.27. The van der Waals surface area contributed by atoms with Gasteiger partial charge in [0, 0.05) is 16.6 Å². The molecule has 3 aromatic rings. The molecule has 2 heterocycles. The van der Waals surface area contributed by atoms with Gasteiger partial charge >= 0.3 is 5.97 Å². The minimum absolute atomic E-state index is 0.0222. The van der Waals surface area contributed by atoms with Gasteiger partial charge in [0.1, 0.15) is 0 Å². The van der Waals surface area contributed by atoms with Gasteiger partial charge in [-0.3, -0.25) is 9.59 Å². The Labute approximate surface area is 198 Å². The fraction of sp³-hybridized carbons (Fsp3) is 0.300. The van der Waals surface area contributed by atoms with Crippen LogP contribution in [0.5, 0.6) is 0 Å². The number of aromatic nitrogens is 3. The zero-order chi connectivity index (χ0) is 22.4. The zero-order valence-corrected chi connectivity index (χ0v) is 19.9. The third kappa shape index (κ3) is 6.22. The van der Waals surface area contributed by atoms with Crippen LogP contribution in [0.3, 0.4) is 0 Å². The second-order valence-electron chi connectivity index (χ2n) is 6.43. The highest BCUT2D eigenvalue weighted by molar-refractivity contribution is 7.99. The van der Waals surface area contributed by atoms with E-state index in [0.29, 0.717) is 21.7 Å². The minimum atomic E-state index is -0.513. The van der Waals surface area contributed by atoms with Crippen molar-refractivity contribution < 1.29 is 14.3 Å². The highest BCUT2D eigenvalue weighted by atomic mass is 35.5. The second-order valence-corrected chi connectivity index (χ2v) is 9.17. The zero-order valence-electron chi connectivity index (χ0n) is 16.8. The molecule has 0 aliphatic carbocycles. The van der Waals surface area contributed by atoms with Crippen molar-refractivity contribution in [2.45, 2.75) is 31.6 Å². The van der Waals surface area contributed by atoms with Gasteiger partial charge in [0.25, 0.3) is 5.91 Å². The van der Waals surface area contributed by atoms with Crippen LogP contribution in [0.15, 0.2) is 40.9 Å². The summed E-state index contributed by atoms with van der Waals surface area (Å²) in [7, 11) is 0. The number of amides is 1. The Kier molecular flexibility index (Phi) is 8.36. The summed E-state index contributed by atoms with van der Waals surface area (Å²) in [5.74, 6) is -0.147. The Morgan fingerprint density at radius 2 is 2.10 bits per heavy atom. The Hall–Kier alpha value is -2.07. The molecule has 164 valence electrons. The van der Waals surface area contributed by atoms with Crippen LogP contribution in [0.2, 0.25) is 10.0 Å².